The minimum absolute atomic E-state index is 0.0128. The van der Waals surface area contributed by atoms with Crippen LogP contribution in [-0.4, -0.2) is 34.1 Å². The van der Waals surface area contributed by atoms with Gasteiger partial charge in [-0.3, -0.25) is 5.10 Å². The summed E-state index contributed by atoms with van der Waals surface area (Å²) in [6.07, 6.45) is 5.24. The summed E-state index contributed by atoms with van der Waals surface area (Å²) in [5.74, 6) is 5.66. The zero-order chi connectivity index (χ0) is 22.9. The fourth-order valence-electron chi connectivity index (χ4n) is 4.11. The van der Waals surface area contributed by atoms with Crippen LogP contribution in [0.1, 0.15) is 18.4 Å². The number of hydrogen-bond donors (Lipinski definition) is 2. The number of aliphatic imine (C=N–C) groups is 1. The van der Waals surface area contributed by atoms with E-state index in [2.05, 4.69) is 48.8 Å². The predicted molar refractivity (Wildman–Crippen MR) is 126 cm³/mol. The Hall–Kier alpha value is -3.70. The molecule has 2 aliphatic heterocycles. The van der Waals surface area contributed by atoms with E-state index in [1.54, 1.807) is 12.3 Å². The Morgan fingerprint density at radius 1 is 1.27 bits per heavy atom. The number of piperidine rings is 1. The fourth-order valence-corrected chi connectivity index (χ4v) is 4.28. The minimum atomic E-state index is -0.740. The van der Waals surface area contributed by atoms with Gasteiger partial charge in [0.05, 0.1) is 17.4 Å². The van der Waals surface area contributed by atoms with E-state index >= 15 is 0 Å². The average molecular weight is 465 g/mol. The molecule has 1 aromatic carbocycles. The molecule has 0 amide bonds. The molecule has 2 N–H and O–H groups in total. The summed E-state index contributed by atoms with van der Waals surface area (Å²) >= 11 is 6.30. The number of fused-ring (bicyclic) bond motifs is 3. The van der Waals surface area contributed by atoms with E-state index in [4.69, 9.17) is 11.6 Å². The number of H-pyrrole nitrogens is 1. The summed E-state index contributed by atoms with van der Waals surface area (Å²) in [5, 5.41) is 10.2. The van der Waals surface area contributed by atoms with Crippen LogP contribution in [0, 0.1) is 29.4 Å². The van der Waals surface area contributed by atoms with E-state index in [0.29, 0.717) is 22.6 Å². The number of allylic oxidation sites excluding steroid dienone is 1. The van der Waals surface area contributed by atoms with E-state index in [9.17, 15) is 8.78 Å². The summed E-state index contributed by atoms with van der Waals surface area (Å²) in [6, 6.07) is 5.54. The Bertz CT molecular complexity index is 1320. The number of pyridine rings is 1. The third-order valence-electron chi connectivity index (χ3n) is 5.65. The highest BCUT2D eigenvalue weighted by atomic mass is 35.5. The Morgan fingerprint density at radius 2 is 2.09 bits per heavy atom. The van der Waals surface area contributed by atoms with Crippen LogP contribution in [0.25, 0.3) is 11.3 Å². The summed E-state index contributed by atoms with van der Waals surface area (Å²) in [4.78, 5) is 11.2. The van der Waals surface area contributed by atoms with Gasteiger partial charge in [0.15, 0.2) is 5.15 Å². The number of nitrogens with one attached hydrogen (secondary N) is 2. The van der Waals surface area contributed by atoms with Gasteiger partial charge in [0.1, 0.15) is 34.7 Å². The molecule has 33 heavy (non-hydrogen) atoms. The van der Waals surface area contributed by atoms with Gasteiger partial charge >= 0.3 is 0 Å². The highest BCUT2D eigenvalue weighted by Gasteiger charge is 2.27. The van der Waals surface area contributed by atoms with E-state index < -0.39 is 11.6 Å². The van der Waals surface area contributed by atoms with Gasteiger partial charge in [0.25, 0.3) is 0 Å². The van der Waals surface area contributed by atoms with Crippen molar-refractivity contribution in [2.75, 3.05) is 23.3 Å². The van der Waals surface area contributed by atoms with Crippen molar-refractivity contribution in [1.29, 1.82) is 0 Å². The molecule has 2 aliphatic rings. The summed E-state index contributed by atoms with van der Waals surface area (Å²) in [6.45, 7) is 5.25. The molecular formula is C24H19ClF2N6. The molecule has 0 aliphatic carbocycles. The quantitative estimate of drug-likeness (QED) is 0.504. The second-order valence-corrected chi connectivity index (χ2v) is 8.16. The molecular weight excluding hydrogens is 446 g/mol. The number of halogens is 3. The molecule has 1 saturated heterocycles. The molecule has 0 unspecified atom stereocenters. The van der Waals surface area contributed by atoms with Gasteiger partial charge in [-0.1, -0.05) is 36.1 Å². The van der Waals surface area contributed by atoms with Crippen molar-refractivity contribution in [2.45, 2.75) is 12.8 Å². The lowest BCUT2D eigenvalue weighted by Gasteiger charge is -2.31. The molecule has 9 heteroatoms. The molecule has 4 heterocycles. The third-order valence-corrected chi connectivity index (χ3v) is 5.92. The van der Waals surface area contributed by atoms with Crippen LogP contribution < -0.4 is 10.2 Å². The number of amidine groups is 1. The van der Waals surface area contributed by atoms with Crippen LogP contribution in [0.4, 0.5) is 26.0 Å². The maximum atomic E-state index is 14.5. The van der Waals surface area contributed by atoms with Gasteiger partial charge in [-0.05, 0) is 37.1 Å². The largest absolute Gasteiger partial charge is 0.355 e. The molecule has 3 aromatic rings. The van der Waals surface area contributed by atoms with Gasteiger partial charge in [-0.2, -0.15) is 5.10 Å². The number of rotatable bonds is 2. The maximum Gasteiger partial charge on any atom is 0.150 e. The molecule has 6 nitrogen and oxygen atoms in total. The van der Waals surface area contributed by atoms with Crippen LogP contribution in [0.2, 0.25) is 5.15 Å². The van der Waals surface area contributed by atoms with Crippen LogP contribution in [0.15, 0.2) is 48.1 Å². The number of aromatic amines is 1. The molecule has 166 valence electrons. The predicted octanol–water partition coefficient (Wildman–Crippen LogP) is 5.31. The van der Waals surface area contributed by atoms with Crippen LogP contribution in [0.3, 0.4) is 0 Å². The zero-order valence-electron chi connectivity index (χ0n) is 17.5. The smallest absolute Gasteiger partial charge is 0.150 e. The first kappa shape index (κ1) is 21.2. The molecule has 1 fully saturated rings. The summed E-state index contributed by atoms with van der Waals surface area (Å²) in [5.41, 5.74) is 1.68. The van der Waals surface area contributed by atoms with Crippen LogP contribution in [-0.2, 0) is 0 Å². The van der Waals surface area contributed by atoms with Crippen LogP contribution in [0.5, 0.6) is 0 Å². The van der Waals surface area contributed by atoms with Crippen molar-refractivity contribution in [3.05, 3.63) is 65.5 Å². The molecule has 2 aromatic heterocycles. The van der Waals surface area contributed by atoms with Crippen molar-refractivity contribution < 1.29 is 8.78 Å². The number of aromatic nitrogens is 3. The highest BCUT2D eigenvalue weighted by molar-refractivity contribution is 6.33. The van der Waals surface area contributed by atoms with Crippen molar-refractivity contribution in [1.82, 2.24) is 15.2 Å². The van der Waals surface area contributed by atoms with Gasteiger partial charge in [-0.15, -0.1) is 0 Å². The molecule has 5 rings (SSSR count). The lowest BCUT2D eigenvalue weighted by atomic mass is 9.98. The van der Waals surface area contributed by atoms with Crippen molar-refractivity contribution in [2.24, 2.45) is 10.9 Å². The van der Waals surface area contributed by atoms with E-state index in [1.165, 1.54) is 18.2 Å². The first-order valence-corrected chi connectivity index (χ1v) is 10.8. The first-order chi connectivity index (χ1) is 16.0. The van der Waals surface area contributed by atoms with Gasteiger partial charge < -0.3 is 10.2 Å². The summed E-state index contributed by atoms with van der Waals surface area (Å²) in [7, 11) is 0. The monoisotopic (exact) mass is 464 g/mol. The fraction of sp³-hybridized carbons (Fsp3) is 0.208. The topological polar surface area (TPSA) is 69.2 Å². The zero-order valence-corrected chi connectivity index (χ0v) is 18.3. The molecule has 0 radical (unpaired) electrons. The van der Waals surface area contributed by atoms with Crippen molar-refractivity contribution >= 4 is 34.6 Å². The average Bonchev–Trinajstić information content (AvgIpc) is 3.09. The number of anilines is 2. The lowest BCUT2D eigenvalue weighted by molar-refractivity contribution is 0.495. The molecule has 0 saturated carbocycles. The second kappa shape index (κ2) is 8.68. The number of benzene rings is 1. The minimum Gasteiger partial charge on any atom is -0.355 e. The molecule has 0 spiro atoms. The summed E-state index contributed by atoms with van der Waals surface area (Å²) < 4.78 is 29.0. The normalized spacial score (nSPS) is 17.0. The van der Waals surface area contributed by atoms with E-state index in [1.807, 2.05) is 6.07 Å². The Balaban J connectivity index is 1.57. The maximum absolute atomic E-state index is 14.5. The Morgan fingerprint density at radius 3 is 2.88 bits per heavy atom. The van der Waals surface area contributed by atoms with Gasteiger partial charge in [0, 0.05) is 24.6 Å². The highest BCUT2D eigenvalue weighted by Crippen LogP contribution is 2.42. The van der Waals surface area contributed by atoms with Crippen LogP contribution >= 0.6 is 11.6 Å². The number of hydrogen-bond acceptors (Lipinski definition) is 5. The van der Waals surface area contributed by atoms with E-state index in [-0.39, 0.29) is 22.5 Å². The standard InChI is InChI=1S/C24H19ClF2N6/c1-2-3-6-14-7-5-10-33(13-14)19-11-15-18(12-28-19)29-24(20-16(26)8-4-9-17(20)27)30-22-21(15)31-32-23(22)25/h2,4,8-9,11-12,14H,1,5,7,10,13H2,(H,29,30)(H,31,32)/t14-/m1/s1. The molecule has 0 bridgehead atoms. The Kier molecular flexibility index (Phi) is 5.56. The third kappa shape index (κ3) is 3.96. The second-order valence-electron chi connectivity index (χ2n) is 7.78. The number of nitrogens with zero attached hydrogens (tertiary/aromatic N) is 4. The molecule has 1 atom stereocenters. The Labute approximate surface area is 194 Å². The first-order valence-electron chi connectivity index (χ1n) is 10.5. The van der Waals surface area contributed by atoms with E-state index in [0.717, 1.165) is 31.7 Å². The van der Waals surface area contributed by atoms with Gasteiger partial charge in [-0.25, -0.2) is 18.8 Å². The SMILES string of the molecule is C=CC#C[C@@H]1CCCN(c2cc3c(cn2)NC(c2c(F)cccc2F)=Nc2c-3n[nH]c2Cl)C1. The lowest BCUT2D eigenvalue weighted by Crippen LogP contribution is -2.35. The van der Waals surface area contributed by atoms with Gasteiger partial charge in [0.2, 0.25) is 0 Å². The van der Waals surface area contributed by atoms with Crippen molar-refractivity contribution in [3.63, 3.8) is 0 Å². The van der Waals surface area contributed by atoms with Crippen molar-refractivity contribution in [3.8, 4) is 23.1 Å².